The smallest absolute Gasteiger partial charge is 0.191 e. The van der Waals surface area contributed by atoms with E-state index in [1.54, 1.807) is 19.2 Å². The van der Waals surface area contributed by atoms with Crippen molar-refractivity contribution < 1.29 is 4.39 Å². The van der Waals surface area contributed by atoms with Crippen LogP contribution in [-0.2, 0) is 6.54 Å². The number of guanidine groups is 1. The van der Waals surface area contributed by atoms with Gasteiger partial charge in [0.25, 0.3) is 0 Å². The van der Waals surface area contributed by atoms with E-state index in [2.05, 4.69) is 15.6 Å². The van der Waals surface area contributed by atoms with Crippen LogP contribution < -0.4 is 10.6 Å². The average molecular weight is 345 g/mol. The summed E-state index contributed by atoms with van der Waals surface area (Å²) >= 11 is 6.00. The monoisotopic (exact) mass is 344 g/mol. The van der Waals surface area contributed by atoms with Crippen LogP contribution in [0.4, 0.5) is 4.39 Å². The number of hydrogen-bond acceptors (Lipinski definition) is 2. The quantitative estimate of drug-likeness (QED) is 0.655. The van der Waals surface area contributed by atoms with E-state index < -0.39 is 5.82 Å². The molecule has 24 heavy (non-hydrogen) atoms. The Morgan fingerprint density at radius 3 is 2.75 bits per heavy atom. The number of rotatable bonds is 4. The first-order valence-corrected chi connectivity index (χ1v) is 7.82. The molecule has 0 aliphatic carbocycles. The molecule has 6 heteroatoms. The van der Waals surface area contributed by atoms with Crippen LogP contribution in [-0.4, -0.2) is 13.0 Å². The summed E-state index contributed by atoms with van der Waals surface area (Å²) in [6, 6.07) is 13.9. The van der Waals surface area contributed by atoms with Crippen LogP contribution in [0.2, 0.25) is 5.02 Å². The Labute approximate surface area is 146 Å². The molecule has 0 bridgehead atoms. The molecule has 124 valence electrons. The summed E-state index contributed by atoms with van der Waals surface area (Å²) in [4.78, 5) is 4.14. The maximum Gasteiger partial charge on any atom is 0.191 e. The van der Waals surface area contributed by atoms with Crippen LogP contribution in [0.1, 0.15) is 29.7 Å². The normalized spacial score (nSPS) is 12.4. The fraction of sp³-hybridized carbons (Fsp3) is 0.222. The van der Waals surface area contributed by atoms with E-state index in [4.69, 9.17) is 16.9 Å². The third-order valence-electron chi connectivity index (χ3n) is 3.55. The van der Waals surface area contributed by atoms with E-state index in [9.17, 15) is 4.39 Å². The minimum Gasteiger partial charge on any atom is -0.352 e. The number of halogens is 2. The van der Waals surface area contributed by atoms with Crippen molar-refractivity contribution in [3.8, 4) is 6.07 Å². The largest absolute Gasteiger partial charge is 0.352 e. The van der Waals surface area contributed by atoms with Gasteiger partial charge in [-0.15, -0.1) is 0 Å². The molecule has 2 N–H and O–H groups in total. The van der Waals surface area contributed by atoms with Crippen LogP contribution in [0.3, 0.4) is 0 Å². The average Bonchev–Trinajstić information content (AvgIpc) is 2.59. The molecular weight excluding hydrogens is 327 g/mol. The van der Waals surface area contributed by atoms with Gasteiger partial charge >= 0.3 is 0 Å². The zero-order valence-electron chi connectivity index (χ0n) is 13.5. The standard InChI is InChI=1S/C18H18ClFN4/c1-12(14-4-3-5-16(19)9-14)24-18(22-2)23-11-15-7-6-13(10-21)8-17(15)20/h3-9,12H,11H2,1-2H3,(H2,22,23,24). The molecule has 0 heterocycles. The number of hydrogen-bond donors (Lipinski definition) is 2. The van der Waals surface area contributed by atoms with E-state index in [1.165, 1.54) is 6.07 Å². The Morgan fingerprint density at radius 2 is 2.12 bits per heavy atom. The third-order valence-corrected chi connectivity index (χ3v) is 3.79. The number of aliphatic imine (C=N–C) groups is 1. The highest BCUT2D eigenvalue weighted by Crippen LogP contribution is 2.17. The molecule has 0 saturated carbocycles. The second-order valence-electron chi connectivity index (χ2n) is 5.26. The van der Waals surface area contributed by atoms with Crippen molar-refractivity contribution in [1.82, 2.24) is 10.6 Å². The van der Waals surface area contributed by atoms with Gasteiger partial charge in [0, 0.05) is 24.2 Å². The molecule has 0 radical (unpaired) electrons. The first-order chi connectivity index (χ1) is 11.5. The Balaban J connectivity index is 1.99. The first kappa shape index (κ1) is 17.8. The van der Waals surface area contributed by atoms with Gasteiger partial charge in [-0.25, -0.2) is 4.39 Å². The van der Waals surface area contributed by atoms with E-state index in [0.717, 1.165) is 5.56 Å². The Kier molecular flexibility index (Phi) is 6.16. The van der Waals surface area contributed by atoms with Gasteiger partial charge in [0.1, 0.15) is 5.82 Å². The summed E-state index contributed by atoms with van der Waals surface area (Å²) in [5.41, 5.74) is 1.79. The fourth-order valence-electron chi connectivity index (χ4n) is 2.20. The molecule has 4 nitrogen and oxygen atoms in total. The lowest BCUT2D eigenvalue weighted by atomic mass is 10.1. The van der Waals surface area contributed by atoms with Crippen LogP contribution in [0.15, 0.2) is 47.5 Å². The number of benzene rings is 2. The van der Waals surface area contributed by atoms with Gasteiger partial charge in [0.2, 0.25) is 0 Å². The molecule has 0 aliphatic heterocycles. The molecule has 0 spiro atoms. The van der Waals surface area contributed by atoms with Crippen LogP contribution in [0.25, 0.3) is 0 Å². The van der Waals surface area contributed by atoms with E-state index in [1.807, 2.05) is 37.3 Å². The molecule has 1 atom stereocenters. The summed E-state index contributed by atoms with van der Waals surface area (Å²) < 4.78 is 13.9. The lowest BCUT2D eigenvalue weighted by Gasteiger charge is -2.18. The van der Waals surface area contributed by atoms with Gasteiger partial charge in [-0.2, -0.15) is 5.26 Å². The molecule has 0 saturated heterocycles. The van der Waals surface area contributed by atoms with Crippen LogP contribution in [0.5, 0.6) is 0 Å². The molecule has 2 aromatic rings. The minimum atomic E-state index is -0.417. The highest BCUT2D eigenvalue weighted by atomic mass is 35.5. The van der Waals surface area contributed by atoms with Crippen LogP contribution in [0, 0.1) is 17.1 Å². The highest BCUT2D eigenvalue weighted by molar-refractivity contribution is 6.30. The van der Waals surface area contributed by atoms with Crippen molar-refractivity contribution in [2.24, 2.45) is 4.99 Å². The van der Waals surface area contributed by atoms with E-state index in [0.29, 0.717) is 22.1 Å². The molecule has 0 fully saturated rings. The molecule has 2 rings (SSSR count). The van der Waals surface area contributed by atoms with Crippen molar-refractivity contribution in [2.75, 3.05) is 7.05 Å². The van der Waals surface area contributed by atoms with Gasteiger partial charge < -0.3 is 10.6 Å². The number of nitriles is 1. The third kappa shape index (κ3) is 4.71. The SMILES string of the molecule is CN=C(NCc1ccc(C#N)cc1F)NC(C)c1cccc(Cl)c1. The Bertz CT molecular complexity index is 783. The maximum atomic E-state index is 13.9. The van der Waals surface area contributed by atoms with Gasteiger partial charge in [0.15, 0.2) is 5.96 Å². The van der Waals surface area contributed by atoms with E-state index in [-0.39, 0.29) is 12.6 Å². The van der Waals surface area contributed by atoms with Gasteiger partial charge in [-0.3, -0.25) is 4.99 Å². The first-order valence-electron chi connectivity index (χ1n) is 7.44. The van der Waals surface area contributed by atoms with Crippen molar-refractivity contribution in [1.29, 1.82) is 5.26 Å². The fourth-order valence-corrected chi connectivity index (χ4v) is 2.40. The molecule has 1 unspecified atom stereocenters. The van der Waals surface area contributed by atoms with Crippen molar-refractivity contribution >= 4 is 17.6 Å². The second-order valence-corrected chi connectivity index (χ2v) is 5.70. The molecular formula is C18H18ClFN4. The molecule has 0 aliphatic rings. The number of nitrogens with zero attached hydrogens (tertiary/aromatic N) is 2. The lowest BCUT2D eigenvalue weighted by Crippen LogP contribution is -2.38. The summed E-state index contributed by atoms with van der Waals surface area (Å²) in [7, 11) is 1.65. The second kappa shape index (κ2) is 8.32. The van der Waals surface area contributed by atoms with Gasteiger partial charge in [-0.1, -0.05) is 29.8 Å². The summed E-state index contributed by atoms with van der Waals surface area (Å²) in [5, 5.41) is 15.7. The van der Waals surface area contributed by atoms with Crippen molar-refractivity contribution in [3.63, 3.8) is 0 Å². The predicted molar refractivity (Wildman–Crippen MR) is 94.3 cm³/mol. The minimum absolute atomic E-state index is 0.0132. The van der Waals surface area contributed by atoms with Gasteiger partial charge in [-0.05, 0) is 36.8 Å². The lowest BCUT2D eigenvalue weighted by molar-refractivity contribution is 0.602. The molecule has 0 aromatic heterocycles. The van der Waals surface area contributed by atoms with E-state index >= 15 is 0 Å². The van der Waals surface area contributed by atoms with Crippen molar-refractivity contribution in [2.45, 2.75) is 19.5 Å². The highest BCUT2D eigenvalue weighted by Gasteiger charge is 2.09. The summed E-state index contributed by atoms with van der Waals surface area (Å²) in [6.45, 7) is 2.25. The van der Waals surface area contributed by atoms with Crippen LogP contribution >= 0.6 is 11.6 Å². The maximum absolute atomic E-state index is 13.9. The summed E-state index contributed by atoms with van der Waals surface area (Å²) in [5.74, 6) is 0.131. The Morgan fingerprint density at radius 1 is 1.33 bits per heavy atom. The predicted octanol–water partition coefficient (Wildman–Crippen LogP) is 3.78. The zero-order chi connectivity index (χ0) is 17.5. The molecule has 2 aromatic carbocycles. The summed E-state index contributed by atoms with van der Waals surface area (Å²) in [6.07, 6.45) is 0. The van der Waals surface area contributed by atoms with Crippen molar-refractivity contribution in [3.05, 3.63) is 70.0 Å². The molecule has 0 amide bonds. The Hall–Kier alpha value is -2.58. The topological polar surface area (TPSA) is 60.2 Å². The van der Waals surface area contributed by atoms with Gasteiger partial charge in [0.05, 0.1) is 17.7 Å². The number of nitrogens with one attached hydrogen (secondary N) is 2. The zero-order valence-corrected chi connectivity index (χ0v) is 14.2.